The van der Waals surface area contributed by atoms with Crippen LogP contribution in [0.25, 0.3) is 0 Å². The lowest BCUT2D eigenvalue weighted by Gasteiger charge is -2.27. The van der Waals surface area contributed by atoms with Crippen LogP contribution >= 0.6 is 0 Å². The highest BCUT2D eigenvalue weighted by atomic mass is 16.5. The van der Waals surface area contributed by atoms with Crippen molar-refractivity contribution in [2.75, 3.05) is 44.0 Å². The molecule has 1 aromatic rings. The molecule has 3 N–H and O–H groups in total. The smallest absolute Gasteiger partial charge is 0.407 e. The van der Waals surface area contributed by atoms with Crippen LogP contribution in [0, 0.1) is 5.92 Å². The number of nitrogens with zero attached hydrogens (tertiary/aromatic N) is 1. The molecule has 1 aromatic carbocycles. The monoisotopic (exact) mass is 391 g/mol. The van der Waals surface area contributed by atoms with E-state index in [0.29, 0.717) is 43.0 Å². The van der Waals surface area contributed by atoms with Gasteiger partial charge in [0.15, 0.2) is 0 Å². The molecule has 2 heterocycles. The summed E-state index contributed by atoms with van der Waals surface area (Å²) >= 11 is 0. The van der Waals surface area contributed by atoms with Crippen molar-refractivity contribution in [2.24, 2.45) is 5.92 Å². The predicted molar refractivity (Wildman–Crippen MR) is 102 cm³/mol. The molecule has 0 radical (unpaired) electrons. The first-order valence-electron chi connectivity index (χ1n) is 9.32. The van der Waals surface area contributed by atoms with Crippen molar-refractivity contribution in [3.8, 4) is 0 Å². The number of ether oxygens (including phenoxy) is 2. The van der Waals surface area contributed by atoms with Gasteiger partial charge in [-0.3, -0.25) is 4.79 Å². The third-order valence-electron chi connectivity index (χ3n) is 5.06. The largest absolute Gasteiger partial charge is 0.465 e. The average molecular weight is 391 g/mol. The Labute approximate surface area is 163 Å². The zero-order valence-electron chi connectivity index (χ0n) is 15.8. The fraction of sp³-hybridized carbons (Fsp3) is 0.526. The van der Waals surface area contributed by atoms with Crippen molar-refractivity contribution >= 4 is 29.3 Å². The van der Waals surface area contributed by atoms with Gasteiger partial charge in [-0.25, -0.2) is 9.59 Å². The van der Waals surface area contributed by atoms with E-state index >= 15 is 0 Å². The number of methoxy groups -OCH3 is 1. The van der Waals surface area contributed by atoms with Crippen LogP contribution in [0.5, 0.6) is 0 Å². The maximum atomic E-state index is 12.5. The summed E-state index contributed by atoms with van der Waals surface area (Å²) in [5.74, 6) is -0.642. The van der Waals surface area contributed by atoms with Gasteiger partial charge in [0.2, 0.25) is 5.91 Å². The second-order valence-electron chi connectivity index (χ2n) is 7.05. The summed E-state index contributed by atoms with van der Waals surface area (Å²) in [5.41, 5.74) is 1.56. The lowest BCUT2D eigenvalue weighted by Crippen LogP contribution is -2.33. The Morgan fingerprint density at radius 2 is 2.07 bits per heavy atom. The first-order valence-corrected chi connectivity index (χ1v) is 9.32. The van der Waals surface area contributed by atoms with Crippen LogP contribution < -0.4 is 10.6 Å². The average Bonchev–Trinajstić information content (AvgIpc) is 3.09. The summed E-state index contributed by atoms with van der Waals surface area (Å²) in [5, 5.41) is 15.1. The number of anilines is 2. The Hall–Kier alpha value is -2.81. The Morgan fingerprint density at radius 1 is 1.29 bits per heavy atom. The number of carbonyl (C=O) groups is 3. The van der Waals surface area contributed by atoms with Gasteiger partial charge in [-0.1, -0.05) is 0 Å². The Morgan fingerprint density at radius 3 is 2.68 bits per heavy atom. The molecular formula is C19H25N3O6. The minimum atomic E-state index is -0.953. The van der Waals surface area contributed by atoms with Crippen LogP contribution in [0.2, 0.25) is 0 Å². The summed E-state index contributed by atoms with van der Waals surface area (Å²) < 4.78 is 10.2. The molecule has 28 heavy (non-hydrogen) atoms. The van der Waals surface area contributed by atoms with Crippen LogP contribution in [-0.2, 0) is 14.3 Å². The van der Waals surface area contributed by atoms with Crippen molar-refractivity contribution in [3.05, 3.63) is 23.8 Å². The molecule has 9 nitrogen and oxygen atoms in total. The predicted octanol–water partition coefficient (Wildman–Crippen LogP) is 2.00. The van der Waals surface area contributed by atoms with Gasteiger partial charge in [-0.2, -0.15) is 0 Å². The molecule has 0 unspecified atom stereocenters. The molecule has 2 fully saturated rings. The molecule has 3 rings (SSSR count). The SMILES string of the molecule is COC(=O)c1ccc(NC(=O)C[C@@H]2CCN(C(=O)O)C2)c(NC[C@@H]2CCO2)c1. The molecule has 0 aromatic heterocycles. The van der Waals surface area contributed by atoms with Crippen LogP contribution in [0.3, 0.4) is 0 Å². The maximum Gasteiger partial charge on any atom is 0.407 e. The normalized spacial score (nSPS) is 21.0. The third-order valence-corrected chi connectivity index (χ3v) is 5.06. The Balaban J connectivity index is 1.64. The highest BCUT2D eigenvalue weighted by Gasteiger charge is 2.27. The van der Waals surface area contributed by atoms with Crippen molar-refractivity contribution < 1.29 is 29.0 Å². The quantitative estimate of drug-likeness (QED) is 0.609. The summed E-state index contributed by atoms with van der Waals surface area (Å²) in [6.07, 6.45) is 1.04. The van der Waals surface area contributed by atoms with E-state index in [9.17, 15) is 14.4 Å². The molecule has 2 saturated heterocycles. The number of hydrogen-bond acceptors (Lipinski definition) is 6. The highest BCUT2D eigenvalue weighted by Crippen LogP contribution is 2.26. The third kappa shape index (κ3) is 4.92. The highest BCUT2D eigenvalue weighted by molar-refractivity contribution is 5.97. The minimum Gasteiger partial charge on any atom is -0.465 e. The van der Waals surface area contributed by atoms with Gasteiger partial charge in [0, 0.05) is 32.7 Å². The Kier molecular flexibility index (Phi) is 6.35. The van der Waals surface area contributed by atoms with Crippen LogP contribution in [-0.4, -0.2) is 67.4 Å². The molecule has 152 valence electrons. The van der Waals surface area contributed by atoms with E-state index < -0.39 is 12.1 Å². The number of carboxylic acid groups (broad SMARTS) is 1. The minimum absolute atomic E-state index is 0.00484. The first kappa shape index (κ1) is 19.9. The summed E-state index contributed by atoms with van der Waals surface area (Å²) in [6.45, 7) is 2.14. The number of benzene rings is 1. The van der Waals surface area contributed by atoms with Crippen LogP contribution in [0.15, 0.2) is 18.2 Å². The van der Waals surface area contributed by atoms with Gasteiger partial charge in [-0.15, -0.1) is 0 Å². The standard InChI is InChI=1S/C19H25N3O6/c1-27-18(24)13-2-3-15(16(9-13)20-10-14-5-7-28-14)21-17(23)8-12-4-6-22(11-12)19(25)26/h2-3,9,12,14,20H,4-8,10-11H2,1H3,(H,21,23)(H,25,26)/t12-,14-/m0/s1. The van der Waals surface area contributed by atoms with Gasteiger partial charge >= 0.3 is 12.1 Å². The first-order chi connectivity index (χ1) is 13.5. The molecular weight excluding hydrogens is 366 g/mol. The van der Waals surface area contributed by atoms with E-state index in [4.69, 9.17) is 14.6 Å². The van der Waals surface area contributed by atoms with E-state index in [0.717, 1.165) is 13.0 Å². The van der Waals surface area contributed by atoms with Crippen molar-refractivity contribution in [3.63, 3.8) is 0 Å². The van der Waals surface area contributed by atoms with Crippen molar-refractivity contribution in [1.29, 1.82) is 0 Å². The van der Waals surface area contributed by atoms with E-state index in [1.165, 1.54) is 12.0 Å². The van der Waals surface area contributed by atoms with E-state index in [-0.39, 0.29) is 24.3 Å². The summed E-state index contributed by atoms with van der Waals surface area (Å²) in [4.78, 5) is 36.6. The number of hydrogen-bond donors (Lipinski definition) is 3. The Bertz CT molecular complexity index is 749. The number of nitrogens with one attached hydrogen (secondary N) is 2. The molecule has 2 atom stereocenters. The van der Waals surface area contributed by atoms with Gasteiger partial charge in [-0.05, 0) is 37.0 Å². The number of amides is 2. The number of rotatable bonds is 7. The fourth-order valence-corrected chi connectivity index (χ4v) is 3.35. The molecule has 0 bridgehead atoms. The molecule has 2 aliphatic heterocycles. The summed E-state index contributed by atoms with van der Waals surface area (Å²) in [7, 11) is 1.31. The molecule has 0 spiro atoms. The zero-order valence-corrected chi connectivity index (χ0v) is 15.8. The van der Waals surface area contributed by atoms with E-state index in [1.807, 2.05) is 0 Å². The van der Waals surface area contributed by atoms with Crippen LogP contribution in [0.1, 0.15) is 29.6 Å². The summed E-state index contributed by atoms with van der Waals surface area (Å²) in [6, 6.07) is 4.89. The topological polar surface area (TPSA) is 117 Å². The maximum absolute atomic E-state index is 12.5. The number of carbonyl (C=O) groups excluding carboxylic acids is 2. The van der Waals surface area contributed by atoms with Gasteiger partial charge in [0.25, 0.3) is 0 Å². The van der Waals surface area contributed by atoms with Crippen molar-refractivity contribution in [2.45, 2.75) is 25.4 Å². The van der Waals surface area contributed by atoms with E-state index in [1.54, 1.807) is 18.2 Å². The number of esters is 1. The number of likely N-dealkylation sites (tertiary alicyclic amines) is 1. The molecule has 2 aliphatic rings. The van der Waals surface area contributed by atoms with Gasteiger partial charge < -0.3 is 30.1 Å². The zero-order chi connectivity index (χ0) is 20.1. The van der Waals surface area contributed by atoms with Gasteiger partial charge in [0.1, 0.15) is 0 Å². The van der Waals surface area contributed by atoms with E-state index in [2.05, 4.69) is 10.6 Å². The molecule has 0 saturated carbocycles. The molecule has 2 amide bonds. The fourth-order valence-electron chi connectivity index (χ4n) is 3.35. The van der Waals surface area contributed by atoms with Crippen molar-refractivity contribution in [1.82, 2.24) is 4.90 Å². The molecule has 9 heteroatoms. The second kappa shape index (κ2) is 8.92. The molecule has 0 aliphatic carbocycles. The lowest BCUT2D eigenvalue weighted by atomic mass is 10.0. The second-order valence-corrected chi connectivity index (χ2v) is 7.05. The lowest BCUT2D eigenvalue weighted by molar-refractivity contribution is -0.117. The van der Waals surface area contributed by atoms with Gasteiger partial charge in [0.05, 0.1) is 30.2 Å². The van der Waals surface area contributed by atoms with Crippen LogP contribution in [0.4, 0.5) is 16.2 Å².